The lowest BCUT2D eigenvalue weighted by Crippen LogP contribution is -2.33. The third kappa shape index (κ3) is 2.28. The maximum Gasteiger partial charge on any atom is 0.323 e. The molecule has 0 aliphatic carbocycles. The van der Waals surface area contributed by atoms with Crippen molar-refractivity contribution < 1.29 is 14.0 Å². The van der Waals surface area contributed by atoms with E-state index in [9.17, 15) is 4.79 Å². The molecule has 86 valence electrons. The van der Waals surface area contributed by atoms with Crippen molar-refractivity contribution in [2.24, 2.45) is 5.92 Å². The minimum Gasteiger partial charge on any atom is -0.466 e. The van der Waals surface area contributed by atoms with Gasteiger partial charge in [-0.15, -0.1) is 0 Å². The highest BCUT2D eigenvalue weighted by Gasteiger charge is 2.36. The number of hydrogen-bond acceptors (Lipinski definition) is 2. The van der Waals surface area contributed by atoms with E-state index >= 15 is 0 Å². The van der Waals surface area contributed by atoms with E-state index in [2.05, 4.69) is 4.79 Å². The number of rotatable bonds is 4. The highest BCUT2D eigenvalue weighted by Crippen LogP contribution is 2.32. The van der Waals surface area contributed by atoms with Gasteiger partial charge in [-0.05, 0) is 19.1 Å². The zero-order valence-electron chi connectivity index (χ0n) is 10.0. The van der Waals surface area contributed by atoms with Crippen LogP contribution in [0.25, 0.3) is 5.53 Å². The molecule has 0 aliphatic heterocycles. The third-order valence-corrected chi connectivity index (χ3v) is 3.07. The molecule has 1 aromatic rings. The zero-order chi connectivity index (χ0) is 12.3. The molecule has 1 unspecified atom stereocenters. The Labute approximate surface area is 94.9 Å². The second-order valence-electron chi connectivity index (χ2n) is 4.50. The van der Waals surface area contributed by atoms with Crippen molar-refractivity contribution in [2.45, 2.75) is 33.1 Å². The molecule has 1 aromatic heterocycles. The number of hydrogen-bond donors (Lipinski definition) is 0. The Kier molecular flexibility index (Phi) is 3.45. The van der Waals surface area contributed by atoms with E-state index in [1.54, 1.807) is 6.92 Å². The molecule has 0 saturated heterocycles. The molecule has 0 N–H and O–H groups in total. The summed E-state index contributed by atoms with van der Waals surface area (Å²) >= 11 is 0. The second kappa shape index (κ2) is 4.45. The fourth-order valence-electron chi connectivity index (χ4n) is 1.52. The summed E-state index contributed by atoms with van der Waals surface area (Å²) in [5.41, 5.74) is 7.93. The molecule has 1 atom stereocenters. The van der Waals surface area contributed by atoms with Gasteiger partial charge in [-0.3, -0.25) is 4.79 Å². The molecule has 1 heterocycles. The van der Waals surface area contributed by atoms with Crippen molar-refractivity contribution in [3.8, 4) is 0 Å². The van der Waals surface area contributed by atoms with Crippen LogP contribution in [-0.2, 0) is 10.2 Å². The first-order valence-corrected chi connectivity index (χ1v) is 5.17. The molecule has 0 saturated carbocycles. The summed E-state index contributed by atoms with van der Waals surface area (Å²) in [5, 5.41) is 0. The van der Waals surface area contributed by atoms with Crippen molar-refractivity contribution >= 4 is 12.0 Å². The molecule has 0 amide bonds. The number of Topliss-reactive ketones (excluding diaryl/α,β-unsaturated/α-hetero) is 1. The van der Waals surface area contributed by atoms with E-state index in [0.29, 0.717) is 0 Å². The van der Waals surface area contributed by atoms with Crippen molar-refractivity contribution in [1.82, 2.24) is 0 Å². The number of ketones is 1. The van der Waals surface area contributed by atoms with Crippen molar-refractivity contribution in [3.63, 3.8) is 0 Å². The van der Waals surface area contributed by atoms with Gasteiger partial charge < -0.3 is 9.95 Å². The van der Waals surface area contributed by atoms with Gasteiger partial charge in [0.2, 0.25) is 5.78 Å². The standard InChI is InChI=1S/C12H16N2O2/c1-8-5-6-11(16-8)12(3,4)9(2)10(15)7-14-13/h5-7,9H,1-4H3. The molecule has 16 heavy (non-hydrogen) atoms. The summed E-state index contributed by atoms with van der Waals surface area (Å²) in [6, 6.07) is 3.74. The lowest BCUT2D eigenvalue weighted by atomic mass is 9.76. The highest BCUT2D eigenvalue weighted by atomic mass is 16.3. The van der Waals surface area contributed by atoms with E-state index in [-0.39, 0.29) is 11.7 Å². The van der Waals surface area contributed by atoms with Crippen LogP contribution in [0.4, 0.5) is 0 Å². The van der Waals surface area contributed by atoms with Crippen molar-refractivity contribution in [2.75, 3.05) is 0 Å². The highest BCUT2D eigenvalue weighted by molar-refractivity contribution is 6.26. The molecular weight excluding hydrogens is 204 g/mol. The molecule has 0 aliphatic rings. The molecule has 4 nitrogen and oxygen atoms in total. The SMILES string of the molecule is Cc1ccc(C(C)(C)C(C)C(=O)C=[N+]=[N-])o1. The van der Waals surface area contributed by atoms with Crippen molar-refractivity contribution in [1.29, 1.82) is 0 Å². The van der Waals surface area contributed by atoms with Crippen molar-refractivity contribution in [3.05, 3.63) is 29.2 Å². The smallest absolute Gasteiger partial charge is 0.323 e. The number of nitrogens with zero attached hydrogens (tertiary/aromatic N) is 2. The van der Waals surface area contributed by atoms with Crippen LogP contribution in [0.15, 0.2) is 16.5 Å². The van der Waals surface area contributed by atoms with Crippen LogP contribution >= 0.6 is 0 Å². The molecule has 0 spiro atoms. The van der Waals surface area contributed by atoms with Crippen LogP contribution in [0.5, 0.6) is 0 Å². The van der Waals surface area contributed by atoms with Crippen LogP contribution < -0.4 is 0 Å². The van der Waals surface area contributed by atoms with Crippen LogP contribution in [0, 0.1) is 12.8 Å². The maximum atomic E-state index is 11.6. The number of aryl methyl sites for hydroxylation is 1. The zero-order valence-corrected chi connectivity index (χ0v) is 10.0. The first kappa shape index (κ1) is 12.4. The normalized spacial score (nSPS) is 13.0. The van der Waals surface area contributed by atoms with Gasteiger partial charge in [0.05, 0.1) is 0 Å². The minimum absolute atomic E-state index is 0.221. The predicted molar refractivity (Wildman–Crippen MR) is 60.3 cm³/mol. The Morgan fingerprint density at radius 2 is 2.19 bits per heavy atom. The molecule has 4 heteroatoms. The summed E-state index contributed by atoms with van der Waals surface area (Å²) in [4.78, 5) is 14.4. The average molecular weight is 220 g/mol. The summed E-state index contributed by atoms with van der Waals surface area (Å²) in [6.45, 7) is 7.52. The van der Waals surface area contributed by atoms with E-state index in [1.807, 2.05) is 32.9 Å². The Hall–Kier alpha value is -1.67. The average Bonchev–Trinajstić information content (AvgIpc) is 2.64. The van der Waals surface area contributed by atoms with Gasteiger partial charge in [0.25, 0.3) is 0 Å². The number of carbonyl (C=O) groups is 1. The van der Waals surface area contributed by atoms with Crippen LogP contribution in [0.1, 0.15) is 32.3 Å². The molecule has 0 aromatic carbocycles. The number of carbonyl (C=O) groups excluding carboxylic acids is 1. The first-order valence-electron chi connectivity index (χ1n) is 5.17. The van der Waals surface area contributed by atoms with Crippen LogP contribution in [0.2, 0.25) is 0 Å². The quantitative estimate of drug-likeness (QED) is 0.444. The molecule has 1 rings (SSSR count). The van der Waals surface area contributed by atoms with Crippen LogP contribution in [-0.4, -0.2) is 16.8 Å². The van der Waals surface area contributed by atoms with Gasteiger partial charge >= 0.3 is 6.21 Å². The molecule has 0 fully saturated rings. The number of furan rings is 1. The Morgan fingerprint density at radius 3 is 2.62 bits per heavy atom. The fraction of sp³-hybridized carbons (Fsp3) is 0.500. The lowest BCUT2D eigenvalue weighted by molar-refractivity contribution is -0.121. The maximum absolute atomic E-state index is 11.6. The summed E-state index contributed by atoms with van der Waals surface area (Å²) in [6.07, 6.45) is 0.933. The van der Waals surface area contributed by atoms with E-state index in [1.165, 1.54) is 0 Å². The van der Waals surface area contributed by atoms with Gasteiger partial charge in [0.1, 0.15) is 11.5 Å². The van der Waals surface area contributed by atoms with Gasteiger partial charge in [0.15, 0.2) is 0 Å². The van der Waals surface area contributed by atoms with Gasteiger partial charge in [-0.25, -0.2) is 0 Å². The summed E-state index contributed by atoms with van der Waals surface area (Å²) in [7, 11) is 0. The second-order valence-corrected chi connectivity index (χ2v) is 4.50. The monoisotopic (exact) mass is 220 g/mol. The first-order chi connectivity index (χ1) is 7.39. The van der Waals surface area contributed by atoms with E-state index in [4.69, 9.17) is 9.95 Å². The minimum atomic E-state index is -0.424. The molecule has 0 bridgehead atoms. The Bertz CT molecular complexity index is 440. The summed E-state index contributed by atoms with van der Waals surface area (Å²) in [5.74, 6) is 1.05. The largest absolute Gasteiger partial charge is 0.466 e. The Morgan fingerprint density at radius 1 is 1.56 bits per heavy atom. The fourth-order valence-corrected chi connectivity index (χ4v) is 1.52. The predicted octanol–water partition coefficient (Wildman–Crippen LogP) is 2.37. The summed E-state index contributed by atoms with van der Waals surface area (Å²) < 4.78 is 5.54. The van der Waals surface area contributed by atoms with Gasteiger partial charge in [0, 0.05) is 11.3 Å². The molecular formula is C12H16N2O2. The van der Waals surface area contributed by atoms with Crippen LogP contribution in [0.3, 0.4) is 0 Å². The third-order valence-electron chi connectivity index (χ3n) is 3.07. The lowest BCUT2D eigenvalue weighted by Gasteiger charge is -2.26. The van der Waals surface area contributed by atoms with E-state index in [0.717, 1.165) is 17.7 Å². The topological polar surface area (TPSA) is 66.6 Å². The van der Waals surface area contributed by atoms with E-state index < -0.39 is 5.41 Å². The molecule has 0 radical (unpaired) electrons. The van der Waals surface area contributed by atoms with Gasteiger partial charge in [-0.2, -0.15) is 4.79 Å². The van der Waals surface area contributed by atoms with Gasteiger partial charge in [-0.1, -0.05) is 20.8 Å². The Balaban J connectivity index is 3.01.